The molecule has 0 bridgehead atoms. The molecule has 126 valence electrons. The summed E-state index contributed by atoms with van der Waals surface area (Å²) in [5, 5.41) is 0.877. The highest BCUT2D eigenvalue weighted by atomic mass is 16.5. The van der Waals surface area contributed by atoms with Gasteiger partial charge in [0.1, 0.15) is 5.56 Å². The van der Waals surface area contributed by atoms with Crippen molar-refractivity contribution in [3.05, 3.63) is 46.2 Å². The fraction of sp³-hybridized carbons (Fsp3) is 0.444. The van der Waals surface area contributed by atoms with Crippen molar-refractivity contribution in [3.63, 3.8) is 0 Å². The molecule has 1 aromatic heterocycles. The fourth-order valence-electron chi connectivity index (χ4n) is 3.58. The quantitative estimate of drug-likeness (QED) is 0.896. The van der Waals surface area contributed by atoms with Crippen LogP contribution in [0.25, 0.3) is 10.9 Å². The van der Waals surface area contributed by atoms with Gasteiger partial charge in [0.2, 0.25) is 0 Å². The van der Waals surface area contributed by atoms with E-state index in [1.807, 2.05) is 24.3 Å². The average molecular weight is 327 g/mol. The molecule has 24 heavy (non-hydrogen) atoms. The van der Waals surface area contributed by atoms with Gasteiger partial charge in [-0.15, -0.1) is 0 Å². The third kappa shape index (κ3) is 2.83. The van der Waals surface area contributed by atoms with Gasteiger partial charge in [-0.3, -0.25) is 14.5 Å². The van der Waals surface area contributed by atoms with E-state index in [1.54, 1.807) is 11.0 Å². The lowest BCUT2D eigenvalue weighted by Crippen LogP contribution is -2.52. The second-order valence-electron chi connectivity index (χ2n) is 6.44. The molecule has 2 saturated heterocycles. The van der Waals surface area contributed by atoms with E-state index in [2.05, 4.69) is 9.88 Å². The first kappa shape index (κ1) is 15.4. The minimum atomic E-state index is -0.315. The summed E-state index contributed by atoms with van der Waals surface area (Å²) in [4.78, 5) is 32.0. The molecule has 1 amide bonds. The lowest BCUT2D eigenvalue weighted by Gasteiger charge is -2.37. The first-order chi connectivity index (χ1) is 11.7. The van der Waals surface area contributed by atoms with Crippen LogP contribution in [0.1, 0.15) is 16.8 Å². The highest BCUT2D eigenvalue weighted by molar-refractivity contribution is 5.97. The van der Waals surface area contributed by atoms with E-state index in [9.17, 15) is 9.59 Å². The molecule has 0 aliphatic carbocycles. The van der Waals surface area contributed by atoms with E-state index in [1.165, 1.54) is 0 Å². The normalized spacial score (nSPS) is 22.2. The molecule has 0 radical (unpaired) electrons. The van der Waals surface area contributed by atoms with E-state index in [4.69, 9.17) is 4.74 Å². The van der Waals surface area contributed by atoms with Crippen LogP contribution in [0.3, 0.4) is 0 Å². The molecule has 0 saturated carbocycles. The van der Waals surface area contributed by atoms with Crippen molar-refractivity contribution < 1.29 is 9.53 Å². The number of aromatic amines is 1. The number of carbonyl (C=O) groups excluding carboxylic acids is 1. The zero-order valence-corrected chi connectivity index (χ0v) is 13.5. The number of H-pyrrole nitrogens is 1. The van der Waals surface area contributed by atoms with Gasteiger partial charge in [0, 0.05) is 44.3 Å². The molecular formula is C18H21N3O3. The Morgan fingerprint density at radius 1 is 1.17 bits per heavy atom. The summed E-state index contributed by atoms with van der Waals surface area (Å²) >= 11 is 0. The van der Waals surface area contributed by atoms with Crippen LogP contribution in [0.2, 0.25) is 0 Å². The monoisotopic (exact) mass is 327 g/mol. The smallest absolute Gasteiger partial charge is 0.261 e. The fourth-order valence-corrected chi connectivity index (χ4v) is 3.58. The Balaban J connectivity index is 1.50. The highest BCUT2D eigenvalue weighted by Gasteiger charge is 2.29. The van der Waals surface area contributed by atoms with Crippen molar-refractivity contribution in [2.45, 2.75) is 12.5 Å². The number of ether oxygens (including phenoxy) is 1. The molecule has 2 aliphatic heterocycles. The molecule has 4 rings (SSSR count). The first-order valence-electron chi connectivity index (χ1n) is 8.45. The average Bonchev–Trinajstić information content (AvgIpc) is 3.15. The third-order valence-electron chi connectivity index (χ3n) is 5.01. The van der Waals surface area contributed by atoms with Crippen LogP contribution in [-0.4, -0.2) is 66.1 Å². The predicted octanol–water partition coefficient (Wildman–Crippen LogP) is 1.07. The second kappa shape index (κ2) is 6.37. The molecule has 2 fully saturated rings. The molecule has 3 heterocycles. The van der Waals surface area contributed by atoms with E-state index < -0.39 is 0 Å². The van der Waals surface area contributed by atoms with Gasteiger partial charge in [-0.25, -0.2) is 0 Å². The van der Waals surface area contributed by atoms with Gasteiger partial charge in [0.15, 0.2) is 0 Å². The Labute approximate surface area is 140 Å². The first-order valence-corrected chi connectivity index (χ1v) is 8.45. The number of pyridine rings is 1. The van der Waals surface area contributed by atoms with Crippen molar-refractivity contribution in [3.8, 4) is 0 Å². The van der Waals surface area contributed by atoms with Crippen LogP contribution in [0.15, 0.2) is 35.1 Å². The van der Waals surface area contributed by atoms with Crippen LogP contribution < -0.4 is 5.56 Å². The third-order valence-corrected chi connectivity index (χ3v) is 5.01. The van der Waals surface area contributed by atoms with Crippen LogP contribution in [0.5, 0.6) is 0 Å². The summed E-state index contributed by atoms with van der Waals surface area (Å²) in [5.41, 5.74) is 0.668. The van der Waals surface area contributed by atoms with Crippen LogP contribution in [0, 0.1) is 0 Å². The number of para-hydroxylation sites is 1. The van der Waals surface area contributed by atoms with Crippen LogP contribution in [0.4, 0.5) is 0 Å². The lowest BCUT2D eigenvalue weighted by molar-refractivity contribution is 0.0548. The number of benzene rings is 1. The number of fused-ring (bicyclic) bond motifs is 1. The number of rotatable bonds is 2. The minimum absolute atomic E-state index is 0.177. The topological polar surface area (TPSA) is 65.6 Å². The predicted molar refractivity (Wildman–Crippen MR) is 91.3 cm³/mol. The van der Waals surface area contributed by atoms with Crippen molar-refractivity contribution in [2.24, 2.45) is 0 Å². The van der Waals surface area contributed by atoms with E-state index in [-0.39, 0.29) is 17.0 Å². The van der Waals surface area contributed by atoms with Crippen molar-refractivity contribution in [2.75, 3.05) is 39.4 Å². The molecule has 1 N–H and O–H groups in total. The van der Waals surface area contributed by atoms with Gasteiger partial charge in [-0.1, -0.05) is 18.2 Å². The molecule has 2 aliphatic rings. The zero-order chi connectivity index (χ0) is 16.5. The molecule has 0 spiro atoms. The van der Waals surface area contributed by atoms with Crippen molar-refractivity contribution in [1.82, 2.24) is 14.8 Å². The molecule has 1 atom stereocenters. The number of hydrogen-bond acceptors (Lipinski definition) is 4. The molecule has 6 heteroatoms. The Kier molecular flexibility index (Phi) is 4.08. The number of carbonyl (C=O) groups is 1. The van der Waals surface area contributed by atoms with Crippen LogP contribution in [-0.2, 0) is 4.74 Å². The molecule has 6 nitrogen and oxygen atoms in total. The van der Waals surface area contributed by atoms with E-state index in [0.717, 1.165) is 43.6 Å². The van der Waals surface area contributed by atoms with Crippen molar-refractivity contribution in [1.29, 1.82) is 0 Å². The summed E-state index contributed by atoms with van der Waals surface area (Å²) in [6.45, 7) is 4.61. The standard InChI is InChI=1S/C18H21N3O3/c22-17-15(11-13-3-1-2-4-16(13)19-17)18(23)21-8-6-20(7-9-21)14-5-10-24-12-14/h1-4,11,14H,5-10,12H2,(H,19,22). The van der Waals surface area contributed by atoms with Crippen LogP contribution >= 0.6 is 0 Å². The summed E-state index contributed by atoms with van der Waals surface area (Å²) in [6.07, 6.45) is 1.07. The summed E-state index contributed by atoms with van der Waals surface area (Å²) in [5.74, 6) is -0.177. The maximum absolute atomic E-state index is 12.8. The Bertz CT molecular complexity index is 803. The maximum Gasteiger partial charge on any atom is 0.261 e. The minimum Gasteiger partial charge on any atom is -0.380 e. The second-order valence-corrected chi connectivity index (χ2v) is 6.44. The molecule has 2 aromatic rings. The largest absolute Gasteiger partial charge is 0.380 e. The number of nitrogens with zero attached hydrogens (tertiary/aromatic N) is 2. The Morgan fingerprint density at radius 3 is 2.71 bits per heavy atom. The number of hydrogen-bond donors (Lipinski definition) is 1. The number of nitrogens with one attached hydrogen (secondary N) is 1. The van der Waals surface area contributed by atoms with Gasteiger partial charge >= 0.3 is 0 Å². The van der Waals surface area contributed by atoms with Gasteiger partial charge in [0.25, 0.3) is 11.5 Å². The molecular weight excluding hydrogens is 306 g/mol. The zero-order valence-electron chi connectivity index (χ0n) is 13.5. The SMILES string of the molecule is O=C(c1cc2ccccc2[nH]c1=O)N1CCN(C2CCOC2)CC1. The lowest BCUT2D eigenvalue weighted by atomic mass is 10.1. The maximum atomic E-state index is 12.8. The number of piperazine rings is 1. The summed E-state index contributed by atoms with van der Waals surface area (Å²) in [6, 6.07) is 9.69. The Hall–Kier alpha value is -2.18. The van der Waals surface area contributed by atoms with Crippen molar-refractivity contribution >= 4 is 16.8 Å². The molecule has 1 unspecified atom stereocenters. The Morgan fingerprint density at radius 2 is 1.96 bits per heavy atom. The van der Waals surface area contributed by atoms with Gasteiger partial charge < -0.3 is 14.6 Å². The molecule has 1 aromatic carbocycles. The number of amides is 1. The summed E-state index contributed by atoms with van der Waals surface area (Å²) < 4.78 is 5.44. The number of aromatic nitrogens is 1. The van der Waals surface area contributed by atoms with Gasteiger partial charge in [0.05, 0.1) is 6.61 Å². The summed E-state index contributed by atoms with van der Waals surface area (Å²) in [7, 11) is 0. The van der Waals surface area contributed by atoms with E-state index >= 15 is 0 Å². The van der Waals surface area contributed by atoms with Gasteiger partial charge in [-0.05, 0) is 23.9 Å². The van der Waals surface area contributed by atoms with E-state index in [0.29, 0.717) is 19.1 Å². The van der Waals surface area contributed by atoms with Gasteiger partial charge in [-0.2, -0.15) is 0 Å². The highest BCUT2D eigenvalue weighted by Crippen LogP contribution is 2.16.